The number of imide groups is 1. The summed E-state index contributed by atoms with van der Waals surface area (Å²) in [5.74, 6) is -0.258. The maximum absolute atomic E-state index is 12.4. The Labute approximate surface area is 125 Å². The second-order valence-corrected chi connectivity index (χ2v) is 5.90. The van der Waals surface area contributed by atoms with Crippen molar-refractivity contribution in [1.29, 1.82) is 0 Å². The van der Waals surface area contributed by atoms with E-state index in [-0.39, 0.29) is 11.8 Å². The molecule has 4 nitrogen and oxygen atoms in total. The number of carbonyl (C=O) groups is 2. The van der Waals surface area contributed by atoms with Crippen LogP contribution in [0.25, 0.3) is 0 Å². The molecule has 0 bridgehead atoms. The first-order chi connectivity index (χ1) is 10.2. The average molecular weight is 286 g/mol. The van der Waals surface area contributed by atoms with Crippen LogP contribution >= 0.6 is 0 Å². The number of hydrogen-bond donors (Lipinski definition) is 0. The van der Waals surface area contributed by atoms with Crippen LogP contribution in [0.15, 0.2) is 24.3 Å². The van der Waals surface area contributed by atoms with Crippen LogP contribution in [0.2, 0.25) is 0 Å². The molecule has 1 aromatic carbocycles. The smallest absolute Gasteiger partial charge is 0.261 e. The van der Waals surface area contributed by atoms with Crippen molar-refractivity contribution in [3.05, 3.63) is 35.4 Å². The lowest BCUT2D eigenvalue weighted by Crippen LogP contribution is -2.45. The first-order valence-corrected chi connectivity index (χ1v) is 7.91. The molecule has 1 fully saturated rings. The minimum atomic E-state index is -0.129. The standard InChI is InChI=1S/C17H22N2O2/c1-2-18-11-7-3-4-8-13(18)12-19-16(20)14-9-5-6-10-15(14)17(19)21/h5-6,9-10,13H,2-4,7-8,11-12H2,1H3. The molecule has 2 amide bonds. The van der Waals surface area contributed by atoms with E-state index in [4.69, 9.17) is 0 Å². The average Bonchev–Trinajstić information content (AvgIpc) is 2.69. The summed E-state index contributed by atoms with van der Waals surface area (Å²) in [4.78, 5) is 28.8. The molecule has 3 rings (SSSR count). The Morgan fingerprint density at radius 3 is 2.33 bits per heavy atom. The number of likely N-dealkylation sites (N-methyl/N-ethyl adjacent to an activating group) is 1. The summed E-state index contributed by atoms with van der Waals surface area (Å²) in [6.07, 6.45) is 4.72. The van der Waals surface area contributed by atoms with Gasteiger partial charge in [0.25, 0.3) is 11.8 Å². The number of benzene rings is 1. The van der Waals surface area contributed by atoms with E-state index in [1.807, 2.05) is 12.1 Å². The highest BCUT2D eigenvalue weighted by Crippen LogP contribution is 2.25. The number of rotatable bonds is 3. The molecule has 0 N–H and O–H groups in total. The topological polar surface area (TPSA) is 40.6 Å². The number of nitrogens with zero attached hydrogens (tertiary/aromatic N) is 2. The van der Waals surface area contributed by atoms with E-state index in [1.165, 1.54) is 24.2 Å². The van der Waals surface area contributed by atoms with E-state index in [0.29, 0.717) is 23.7 Å². The minimum absolute atomic E-state index is 0.129. The first kappa shape index (κ1) is 14.3. The lowest BCUT2D eigenvalue weighted by molar-refractivity contribution is 0.0591. The van der Waals surface area contributed by atoms with Gasteiger partial charge in [-0.1, -0.05) is 31.9 Å². The largest absolute Gasteiger partial charge is 0.299 e. The zero-order chi connectivity index (χ0) is 14.8. The van der Waals surface area contributed by atoms with Crippen molar-refractivity contribution in [2.24, 2.45) is 0 Å². The number of carbonyl (C=O) groups excluding carboxylic acids is 2. The summed E-state index contributed by atoms with van der Waals surface area (Å²) in [7, 11) is 0. The summed E-state index contributed by atoms with van der Waals surface area (Å²) in [5, 5.41) is 0. The fourth-order valence-electron chi connectivity index (χ4n) is 3.48. The Bertz CT molecular complexity index is 520. The van der Waals surface area contributed by atoms with Crippen molar-refractivity contribution in [3.8, 4) is 0 Å². The summed E-state index contributed by atoms with van der Waals surface area (Å²) in [6.45, 7) is 4.74. The number of amides is 2. The molecule has 0 aromatic heterocycles. The Kier molecular flexibility index (Phi) is 4.06. The Morgan fingerprint density at radius 2 is 1.71 bits per heavy atom. The van der Waals surface area contributed by atoms with Crippen LogP contribution in [0.4, 0.5) is 0 Å². The van der Waals surface area contributed by atoms with Gasteiger partial charge in [-0.15, -0.1) is 0 Å². The highest BCUT2D eigenvalue weighted by atomic mass is 16.2. The molecular weight excluding hydrogens is 264 g/mol. The van der Waals surface area contributed by atoms with Gasteiger partial charge in [0.05, 0.1) is 11.1 Å². The van der Waals surface area contributed by atoms with Gasteiger partial charge >= 0.3 is 0 Å². The monoisotopic (exact) mass is 286 g/mol. The van der Waals surface area contributed by atoms with Gasteiger partial charge in [-0.3, -0.25) is 19.4 Å². The summed E-state index contributed by atoms with van der Waals surface area (Å²) in [5.41, 5.74) is 1.11. The van der Waals surface area contributed by atoms with E-state index in [0.717, 1.165) is 19.5 Å². The van der Waals surface area contributed by atoms with E-state index in [9.17, 15) is 9.59 Å². The third-order valence-electron chi connectivity index (χ3n) is 4.68. The molecule has 1 aromatic rings. The molecule has 21 heavy (non-hydrogen) atoms. The number of hydrogen-bond acceptors (Lipinski definition) is 3. The maximum atomic E-state index is 12.4. The van der Waals surface area contributed by atoms with Gasteiger partial charge in [0.15, 0.2) is 0 Å². The molecule has 1 unspecified atom stereocenters. The van der Waals surface area contributed by atoms with E-state index in [1.54, 1.807) is 12.1 Å². The van der Waals surface area contributed by atoms with Gasteiger partial charge < -0.3 is 0 Å². The van der Waals surface area contributed by atoms with Crippen LogP contribution in [-0.4, -0.2) is 47.3 Å². The van der Waals surface area contributed by atoms with E-state index >= 15 is 0 Å². The molecule has 2 heterocycles. The molecule has 1 saturated heterocycles. The quantitative estimate of drug-likeness (QED) is 0.802. The Hall–Kier alpha value is -1.68. The van der Waals surface area contributed by atoms with E-state index < -0.39 is 0 Å². The Balaban J connectivity index is 1.79. The molecule has 2 aliphatic rings. The maximum Gasteiger partial charge on any atom is 0.261 e. The first-order valence-electron chi connectivity index (χ1n) is 7.91. The normalized spacial score (nSPS) is 23.3. The fraction of sp³-hybridized carbons (Fsp3) is 0.529. The molecule has 0 aliphatic carbocycles. The number of fused-ring (bicyclic) bond motifs is 1. The zero-order valence-corrected chi connectivity index (χ0v) is 12.5. The van der Waals surface area contributed by atoms with Crippen LogP contribution in [0, 0.1) is 0 Å². The second-order valence-electron chi connectivity index (χ2n) is 5.90. The summed E-state index contributed by atoms with van der Waals surface area (Å²) >= 11 is 0. The van der Waals surface area contributed by atoms with Crippen molar-refractivity contribution < 1.29 is 9.59 Å². The Morgan fingerprint density at radius 1 is 1.05 bits per heavy atom. The van der Waals surface area contributed by atoms with Gasteiger partial charge in [-0.2, -0.15) is 0 Å². The predicted molar refractivity (Wildman–Crippen MR) is 81.3 cm³/mol. The van der Waals surface area contributed by atoms with Crippen LogP contribution in [-0.2, 0) is 0 Å². The van der Waals surface area contributed by atoms with Crippen molar-refractivity contribution in [1.82, 2.24) is 9.80 Å². The van der Waals surface area contributed by atoms with Gasteiger partial charge in [-0.25, -0.2) is 0 Å². The van der Waals surface area contributed by atoms with Crippen molar-refractivity contribution in [2.75, 3.05) is 19.6 Å². The van der Waals surface area contributed by atoms with Crippen molar-refractivity contribution in [2.45, 2.75) is 38.6 Å². The van der Waals surface area contributed by atoms with Crippen LogP contribution in [0.3, 0.4) is 0 Å². The summed E-state index contributed by atoms with van der Waals surface area (Å²) < 4.78 is 0. The molecule has 2 aliphatic heterocycles. The van der Waals surface area contributed by atoms with Gasteiger partial charge in [-0.05, 0) is 38.1 Å². The minimum Gasteiger partial charge on any atom is -0.299 e. The zero-order valence-electron chi connectivity index (χ0n) is 12.5. The van der Waals surface area contributed by atoms with E-state index in [2.05, 4.69) is 11.8 Å². The molecule has 0 spiro atoms. The predicted octanol–water partition coefficient (Wildman–Crippen LogP) is 2.55. The molecule has 112 valence electrons. The third-order valence-corrected chi connectivity index (χ3v) is 4.68. The van der Waals surface area contributed by atoms with Crippen molar-refractivity contribution in [3.63, 3.8) is 0 Å². The molecule has 1 atom stereocenters. The highest BCUT2D eigenvalue weighted by molar-refractivity contribution is 6.21. The van der Waals surface area contributed by atoms with Gasteiger partial charge in [0.2, 0.25) is 0 Å². The van der Waals surface area contributed by atoms with Crippen molar-refractivity contribution >= 4 is 11.8 Å². The second kappa shape index (κ2) is 5.98. The lowest BCUT2D eigenvalue weighted by atomic mass is 10.1. The SMILES string of the molecule is CCN1CCCCCC1CN1C(=O)c2ccccc2C1=O. The highest BCUT2D eigenvalue weighted by Gasteiger charge is 2.37. The van der Waals surface area contributed by atoms with Gasteiger partial charge in [0.1, 0.15) is 0 Å². The van der Waals surface area contributed by atoms with Crippen LogP contribution in [0.1, 0.15) is 53.3 Å². The number of likely N-dealkylation sites (tertiary alicyclic amines) is 1. The fourth-order valence-corrected chi connectivity index (χ4v) is 3.48. The lowest BCUT2D eigenvalue weighted by Gasteiger charge is -2.31. The third kappa shape index (κ3) is 2.60. The van der Waals surface area contributed by atoms with Crippen LogP contribution in [0.5, 0.6) is 0 Å². The van der Waals surface area contributed by atoms with Crippen LogP contribution < -0.4 is 0 Å². The molecule has 0 saturated carbocycles. The molecule has 0 radical (unpaired) electrons. The molecule has 4 heteroatoms. The summed E-state index contributed by atoms with van der Waals surface area (Å²) in [6, 6.07) is 7.44. The molecular formula is C17H22N2O2. The van der Waals surface area contributed by atoms with Gasteiger partial charge in [0, 0.05) is 12.6 Å².